The molecule has 33 heavy (non-hydrogen) atoms. The van der Waals surface area contributed by atoms with Crippen LogP contribution in [0.2, 0.25) is 0 Å². The molecule has 0 atom stereocenters. The van der Waals surface area contributed by atoms with Crippen LogP contribution in [0, 0.1) is 0 Å². The smallest absolute Gasteiger partial charge is 0.238 e. The van der Waals surface area contributed by atoms with E-state index in [0.717, 1.165) is 44.6 Å². The van der Waals surface area contributed by atoms with E-state index in [9.17, 15) is 4.79 Å². The predicted octanol–water partition coefficient (Wildman–Crippen LogP) is 5.50. The van der Waals surface area contributed by atoms with E-state index in [2.05, 4.69) is 46.6 Å². The third-order valence-corrected chi connectivity index (χ3v) is 6.74. The minimum absolute atomic E-state index is 0.102. The molecule has 1 aromatic heterocycles. The van der Waals surface area contributed by atoms with E-state index in [0.29, 0.717) is 23.4 Å². The van der Waals surface area contributed by atoms with Gasteiger partial charge in [-0.2, -0.15) is 0 Å². The highest BCUT2D eigenvalue weighted by Gasteiger charge is 2.36. The molecule has 2 aliphatic rings. The van der Waals surface area contributed by atoms with E-state index in [1.54, 1.807) is 12.1 Å². The van der Waals surface area contributed by atoms with Crippen LogP contribution in [0.3, 0.4) is 0 Å². The first-order valence-electron chi connectivity index (χ1n) is 11.6. The molecule has 170 valence electrons. The molecule has 2 aromatic carbocycles. The Kier molecular flexibility index (Phi) is 6.09. The highest BCUT2D eigenvalue weighted by atomic mass is 16.5. The number of hydrogen-bond acceptors (Lipinski definition) is 6. The topological polar surface area (TPSA) is 70.5 Å². The largest absolute Gasteiger partial charge is 0.490 e. The quantitative estimate of drug-likeness (QED) is 0.448. The van der Waals surface area contributed by atoms with Crippen LogP contribution in [0.15, 0.2) is 60.7 Å². The van der Waals surface area contributed by atoms with Crippen LogP contribution in [-0.4, -0.2) is 35.3 Å². The van der Waals surface area contributed by atoms with Crippen molar-refractivity contribution < 1.29 is 19.0 Å². The Bertz CT molecular complexity index is 1080. The van der Waals surface area contributed by atoms with E-state index in [1.807, 2.05) is 12.1 Å². The Balaban J connectivity index is 1.35. The third-order valence-electron chi connectivity index (χ3n) is 6.74. The standard InChI is InChI=1S/C27H28N2O4/c1-19(30)25-13-14-26(29-28-25)33-24-11-7-21(8-12-24)27(15-17-31-18-16-27)20-5-9-23(10-6-20)32-22-3-2-4-22/h5-14,22H,2-4,15-18H2,1H3. The van der Waals surface area contributed by atoms with E-state index in [-0.39, 0.29) is 11.2 Å². The van der Waals surface area contributed by atoms with Crippen LogP contribution >= 0.6 is 0 Å². The predicted molar refractivity (Wildman–Crippen MR) is 124 cm³/mol. The van der Waals surface area contributed by atoms with Gasteiger partial charge in [0.05, 0.1) is 6.10 Å². The molecule has 0 spiro atoms. The first kappa shape index (κ1) is 21.6. The second kappa shape index (κ2) is 9.32. The van der Waals surface area contributed by atoms with Crippen molar-refractivity contribution >= 4 is 5.78 Å². The van der Waals surface area contributed by atoms with Gasteiger partial charge in [0, 0.05) is 31.6 Å². The maximum absolute atomic E-state index is 11.4. The Hall–Kier alpha value is -3.25. The number of benzene rings is 2. The lowest BCUT2D eigenvalue weighted by atomic mass is 9.69. The molecule has 0 radical (unpaired) electrons. The highest BCUT2D eigenvalue weighted by Crippen LogP contribution is 2.42. The van der Waals surface area contributed by atoms with E-state index >= 15 is 0 Å². The maximum Gasteiger partial charge on any atom is 0.238 e. The van der Waals surface area contributed by atoms with E-state index < -0.39 is 0 Å². The molecular formula is C27H28N2O4. The van der Waals surface area contributed by atoms with Crippen molar-refractivity contribution in [2.75, 3.05) is 13.2 Å². The number of Topliss-reactive ketones (excluding diaryl/α,β-unsaturated/α-hetero) is 1. The zero-order chi connectivity index (χ0) is 22.7. The Morgan fingerprint density at radius 2 is 1.52 bits per heavy atom. The van der Waals surface area contributed by atoms with Gasteiger partial charge in [-0.15, -0.1) is 10.2 Å². The van der Waals surface area contributed by atoms with Gasteiger partial charge in [0.1, 0.15) is 17.2 Å². The molecule has 1 aliphatic carbocycles. The number of carbonyl (C=O) groups excluding carboxylic acids is 1. The Morgan fingerprint density at radius 3 is 2.03 bits per heavy atom. The summed E-state index contributed by atoms with van der Waals surface area (Å²) in [5, 5.41) is 7.89. The molecule has 1 aliphatic heterocycles. The molecule has 0 amide bonds. The lowest BCUT2D eigenvalue weighted by Crippen LogP contribution is -2.35. The second-order valence-corrected chi connectivity index (χ2v) is 8.83. The molecule has 5 rings (SSSR count). The van der Waals surface area contributed by atoms with Gasteiger partial charge < -0.3 is 14.2 Å². The molecule has 2 heterocycles. The van der Waals surface area contributed by atoms with Gasteiger partial charge >= 0.3 is 0 Å². The average Bonchev–Trinajstić information content (AvgIpc) is 2.83. The van der Waals surface area contributed by atoms with Crippen molar-refractivity contribution in [3.63, 3.8) is 0 Å². The molecule has 6 nitrogen and oxygen atoms in total. The summed E-state index contributed by atoms with van der Waals surface area (Å²) in [6.45, 7) is 2.93. The van der Waals surface area contributed by atoms with Crippen molar-refractivity contribution in [2.45, 2.75) is 50.5 Å². The van der Waals surface area contributed by atoms with Gasteiger partial charge in [-0.05, 0) is 73.6 Å². The third kappa shape index (κ3) is 4.62. The second-order valence-electron chi connectivity index (χ2n) is 8.83. The maximum atomic E-state index is 11.4. The van der Waals surface area contributed by atoms with Crippen molar-refractivity contribution in [3.8, 4) is 17.4 Å². The Labute approximate surface area is 193 Å². The zero-order valence-electron chi connectivity index (χ0n) is 18.8. The zero-order valence-corrected chi connectivity index (χ0v) is 18.8. The number of nitrogens with zero attached hydrogens (tertiary/aromatic N) is 2. The van der Waals surface area contributed by atoms with Gasteiger partial charge in [-0.1, -0.05) is 24.3 Å². The summed E-state index contributed by atoms with van der Waals surface area (Å²) in [7, 11) is 0. The summed E-state index contributed by atoms with van der Waals surface area (Å²) in [5.74, 6) is 1.86. The van der Waals surface area contributed by atoms with Crippen LogP contribution in [0.5, 0.6) is 17.4 Å². The number of carbonyl (C=O) groups is 1. The highest BCUT2D eigenvalue weighted by molar-refractivity contribution is 5.91. The molecule has 1 saturated heterocycles. The van der Waals surface area contributed by atoms with Crippen LogP contribution in [0.4, 0.5) is 0 Å². The lowest BCUT2D eigenvalue weighted by molar-refractivity contribution is 0.0630. The number of ether oxygens (including phenoxy) is 3. The summed E-state index contributed by atoms with van der Waals surface area (Å²) in [6, 6.07) is 20.1. The number of ketones is 1. The first-order valence-corrected chi connectivity index (χ1v) is 11.6. The molecule has 0 bridgehead atoms. The van der Waals surface area contributed by atoms with E-state index in [1.165, 1.54) is 24.5 Å². The SMILES string of the molecule is CC(=O)c1ccc(Oc2ccc(C3(c4ccc(OC5CCC5)cc4)CCOCC3)cc2)nn1. The van der Waals surface area contributed by atoms with Crippen molar-refractivity contribution in [2.24, 2.45) is 0 Å². The average molecular weight is 445 g/mol. The van der Waals surface area contributed by atoms with Gasteiger partial charge in [0.25, 0.3) is 0 Å². The monoisotopic (exact) mass is 444 g/mol. The van der Waals surface area contributed by atoms with Crippen molar-refractivity contribution in [1.29, 1.82) is 0 Å². The first-order chi connectivity index (χ1) is 16.1. The molecular weight excluding hydrogens is 416 g/mol. The number of rotatable bonds is 7. The van der Waals surface area contributed by atoms with Crippen molar-refractivity contribution in [3.05, 3.63) is 77.5 Å². The molecule has 1 saturated carbocycles. The lowest BCUT2D eigenvalue weighted by Gasteiger charge is -2.38. The van der Waals surface area contributed by atoms with Crippen LogP contribution in [-0.2, 0) is 10.2 Å². The summed E-state index contributed by atoms with van der Waals surface area (Å²) in [6.07, 6.45) is 5.81. The number of aromatic nitrogens is 2. The van der Waals surface area contributed by atoms with E-state index in [4.69, 9.17) is 14.2 Å². The van der Waals surface area contributed by atoms with Gasteiger partial charge in [-0.25, -0.2) is 0 Å². The summed E-state index contributed by atoms with van der Waals surface area (Å²) in [4.78, 5) is 11.4. The molecule has 2 fully saturated rings. The summed E-state index contributed by atoms with van der Waals surface area (Å²) >= 11 is 0. The van der Waals surface area contributed by atoms with Crippen LogP contribution in [0.25, 0.3) is 0 Å². The van der Waals surface area contributed by atoms with Crippen LogP contribution < -0.4 is 9.47 Å². The minimum Gasteiger partial charge on any atom is -0.490 e. The fourth-order valence-corrected chi connectivity index (χ4v) is 4.52. The Morgan fingerprint density at radius 1 is 0.879 bits per heavy atom. The van der Waals surface area contributed by atoms with Crippen LogP contribution in [0.1, 0.15) is 60.6 Å². The minimum atomic E-state index is -0.122. The van der Waals surface area contributed by atoms with Crippen molar-refractivity contribution in [1.82, 2.24) is 10.2 Å². The van der Waals surface area contributed by atoms with Gasteiger partial charge in [-0.3, -0.25) is 4.79 Å². The van der Waals surface area contributed by atoms with Gasteiger partial charge in [0.2, 0.25) is 5.88 Å². The fourth-order valence-electron chi connectivity index (χ4n) is 4.52. The summed E-state index contributed by atoms with van der Waals surface area (Å²) in [5.41, 5.74) is 2.74. The van der Waals surface area contributed by atoms with Gasteiger partial charge in [0.15, 0.2) is 5.78 Å². The molecule has 0 N–H and O–H groups in total. The fraction of sp³-hybridized carbons (Fsp3) is 0.370. The molecule has 3 aromatic rings. The molecule has 6 heteroatoms. The normalized spacial score (nSPS) is 17.7. The summed E-state index contributed by atoms with van der Waals surface area (Å²) < 4.78 is 17.6. The molecule has 0 unspecified atom stereocenters. The number of hydrogen-bond donors (Lipinski definition) is 0.